The van der Waals surface area contributed by atoms with Crippen molar-refractivity contribution >= 4 is 11.9 Å². The van der Waals surface area contributed by atoms with Gasteiger partial charge in [0.15, 0.2) is 0 Å². The first-order chi connectivity index (χ1) is 11.2. The number of morpholine rings is 1. The lowest BCUT2D eigenvalue weighted by Crippen LogP contribution is -2.47. The third-order valence-electron chi connectivity index (χ3n) is 4.60. The van der Waals surface area contributed by atoms with E-state index in [2.05, 4.69) is 26.7 Å². The monoisotopic (exact) mass is 319 g/mol. The number of rotatable bonds is 3. The highest BCUT2D eigenvalue weighted by Gasteiger charge is 2.23. The maximum Gasteiger partial charge on any atom is 0.257 e. The lowest BCUT2D eigenvalue weighted by molar-refractivity contribution is 0.0302. The van der Waals surface area contributed by atoms with Gasteiger partial charge in [0.05, 0.1) is 24.5 Å². The first-order valence-corrected chi connectivity index (χ1v) is 8.37. The standard InChI is InChI=1S/C16H25N5O2/c1-3-19-4-6-21(7-5-19)16-17-12-14(13(2)18-16)15(22)20-8-10-23-11-9-20/h12H,3-11H2,1-2H3. The molecule has 126 valence electrons. The van der Waals surface area contributed by atoms with Gasteiger partial charge < -0.3 is 19.4 Å². The number of hydrogen-bond donors (Lipinski definition) is 0. The van der Waals surface area contributed by atoms with E-state index in [-0.39, 0.29) is 5.91 Å². The van der Waals surface area contributed by atoms with Gasteiger partial charge in [0, 0.05) is 45.5 Å². The van der Waals surface area contributed by atoms with Gasteiger partial charge >= 0.3 is 0 Å². The van der Waals surface area contributed by atoms with Gasteiger partial charge in [0.25, 0.3) is 5.91 Å². The molecule has 0 radical (unpaired) electrons. The molecule has 0 saturated carbocycles. The number of amides is 1. The van der Waals surface area contributed by atoms with Gasteiger partial charge in [-0.2, -0.15) is 0 Å². The van der Waals surface area contributed by atoms with Gasteiger partial charge in [-0.05, 0) is 13.5 Å². The fourth-order valence-corrected chi connectivity index (χ4v) is 3.02. The second kappa shape index (κ2) is 7.23. The molecule has 2 fully saturated rings. The molecular formula is C16H25N5O2. The fraction of sp³-hybridized carbons (Fsp3) is 0.688. The summed E-state index contributed by atoms with van der Waals surface area (Å²) in [5, 5.41) is 0. The van der Waals surface area contributed by atoms with E-state index >= 15 is 0 Å². The van der Waals surface area contributed by atoms with Crippen molar-refractivity contribution in [2.24, 2.45) is 0 Å². The van der Waals surface area contributed by atoms with Gasteiger partial charge in [-0.25, -0.2) is 9.97 Å². The van der Waals surface area contributed by atoms with Gasteiger partial charge in [-0.15, -0.1) is 0 Å². The van der Waals surface area contributed by atoms with Crippen molar-refractivity contribution in [1.82, 2.24) is 19.8 Å². The van der Waals surface area contributed by atoms with Crippen LogP contribution in [0.3, 0.4) is 0 Å². The predicted octanol–water partition coefficient (Wildman–Crippen LogP) is 0.399. The van der Waals surface area contributed by atoms with E-state index in [1.807, 2.05) is 11.8 Å². The molecule has 1 aromatic rings. The van der Waals surface area contributed by atoms with Crippen LogP contribution in [-0.2, 0) is 4.74 Å². The summed E-state index contributed by atoms with van der Waals surface area (Å²) in [6.45, 7) is 11.6. The summed E-state index contributed by atoms with van der Waals surface area (Å²) >= 11 is 0. The molecule has 7 nitrogen and oxygen atoms in total. The minimum atomic E-state index is 0.00755. The number of aromatic nitrogens is 2. The number of nitrogens with zero attached hydrogens (tertiary/aromatic N) is 5. The quantitative estimate of drug-likeness (QED) is 0.804. The van der Waals surface area contributed by atoms with Gasteiger partial charge in [-0.1, -0.05) is 6.92 Å². The van der Waals surface area contributed by atoms with Crippen molar-refractivity contribution in [2.75, 3.05) is 63.9 Å². The van der Waals surface area contributed by atoms with Crippen LogP contribution in [0.15, 0.2) is 6.20 Å². The molecule has 2 aliphatic rings. The van der Waals surface area contributed by atoms with Crippen molar-refractivity contribution < 1.29 is 9.53 Å². The minimum Gasteiger partial charge on any atom is -0.378 e. The Bertz CT molecular complexity index is 551. The molecule has 3 rings (SSSR count). The molecule has 0 unspecified atom stereocenters. The molecule has 0 N–H and O–H groups in total. The van der Waals surface area contributed by atoms with E-state index in [0.29, 0.717) is 31.9 Å². The van der Waals surface area contributed by atoms with E-state index < -0.39 is 0 Å². The van der Waals surface area contributed by atoms with Crippen molar-refractivity contribution in [3.63, 3.8) is 0 Å². The Balaban J connectivity index is 1.69. The summed E-state index contributed by atoms with van der Waals surface area (Å²) in [6, 6.07) is 0. The maximum absolute atomic E-state index is 12.6. The van der Waals surface area contributed by atoms with E-state index in [4.69, 9.17) is 4.74 Å². The van der Waals surface area contributed by atoms with Crippen LogP contribution in [-0.4, -0.2) is 84.7 Å². The third-order valence-corrected chi connectivity index (χ3v) is 4.60. The van der Waals surface area contributed by atoms with Crippen LogP contribution >= 0.6 is 0 Å². The number of ether oxygens (including phenoxy) is 1. The normalized spacial score (nSPS) is 19.9. The number of carbonyl (C=O) groups is 1. The minimum absolute atomic E-state index is 0.00755. The van der Waals surface area contributed by atoms with E-state index in [9.17, 15) is 4.79 Å². The summed E-state index contributed by atoms with van der Waals surface area (Å²) < 4.78 is 5.30. The zero-order valence-electron chi connectivity index (χ0n) is 14.0. The highest BCUT2D eigenvalue weighted by Crippen LogP contribution is 2.15. The third kappa shape index (κ3) is 3.61. The van der Waals surface area contributed by atoms with Gasteiger partial charge in [0.1, 0.15) is 0 Å². The first kappa shape index (κ1) is 16.1. The molecular weight excluding hydrogens is 294 g/mol. The van der Waals surface area contributed by atoms with Crippen LogP contribution in [0.2, 0.25) is 0 Å². The lowest BCUT2D eigenvalue weighted by atomic mass is 10.2. The van der Waals surface area contributed by atoms with Crippen LogP contribution in [0.25, 0.3) is 0 Å². The molecule has 0 spiro atoms. The molecule has 1 aromatic heterocycles. The van der Waals surface area contributed by atoms with E-state index in [1.165, 1.54) is 0 Å². The summed E-state index contributed by atoms with van der Waals surface area (Å²) in [7, 11) is 0. The zero-order chi connectivity index (χ0) is 16.2. The van der Waals surface area contributed by atoms with E-state index in [1.54, 1.807) is 6.20 Å². The SMILES string of the molecule is CCN1CCN(c2ncc(C(=O)N3CCOCC3)c(C)n2)CC1. The van der Waals surface area contributed by atoms with Gasteiger partial charge in [0.2, 0.25) is 5.95 Å². The Kier molecular flexibility index (Phi) is 5.07. The molecule has 7 heteroatoms. The Morgan fingerprint density at radius 2 is 1.87 bits per heavy atom. The molecule has 1 amide bonds. The van der Waals surface area contributed by atoms with Crippen molar-refractivity contribution in [2.45, 2.75) is 13.8 Å². The molecule has 23 heavy (non-hydrogen) atoms. The lowest BCUT2D eigenvalue weighted by Gasteiger charge is -2.34. The Labute approximate surface area is 137 Å². The van der Waals surface area contributed by atoms with Crippen LogP contribution < -0.4 is 4.90 Å². The highest BCUT2D eigenvalue weighted by molar-refractivity contribution is 5.95. The molecule has 0 aliphatic carbocycles. The molecule has 0 atom stereocenters. The first-order valence-electron chi connectivity index (χ1n) is 8.37. The van der Waals surface area contributed by atoms with Crippen LogP contribution in [0, 0.1) is 6.92 Å². The smallest absolute Gasteiger partial charge is 0.257 e. The molecule has 2 saturated heterocycles. The summed E-state index contributed by atoms with van der Waals surface area (Å²) in [6.07, 6.45) is 1.68. The van der Waals surface area contributed by atoms with Crippen molar-refractivity contribution in [3.05, 3.63) is 17.5 Å². The largest absolute Gasteiger partial charge is 0.378 e. The number of likely N-dealkylation sites (N-methyl/N-ethyl adjacent to an activating group) is 1. The topological polar surface area (TPSA) is 61.8 Å². The number of hydrogen-bond acceptors (Lipinski definition) is 6. The maximum atomic E-state index is 12.6. The summed E-state index contributed by atoms with van der Waals surface area (Å²) in [4.78, 5) is 28.0. The van der Waals surface area contributed by atoms with Crippen molar-refractivity contribution in [3.8, 4) is 0 Å². The summed E-state index contributed by atoms with van der Waals surface area (Å²) in [5.74, 6) is 0.741. The average molecular weight is 319 g/mol. The van der Waals surface area contributed by atoms with Crippen LogP contribution in [0.4, 0.5) is 5.95 Å². The fourth-order valence-electron chi connectivity index (χ4n) is 3.02. The van der Waals surface area contributed by atoms with E-state index in [0.717, 1.165) is 44.4 Å². The molecule has 3 heterocycles. The van der Waals surface area contributed by atoms with Crippen LogP contribution in [0.5, 0.6) is 0 Å². The van der Waals surface area contributed by atoms with Gasteiger partial charge in [-0.3, -0.25) is 4.79 Å². The second-order valence-corrected chi connectivity index (χ2v) is 5.99. The Morgan fingerprint density at radius 3 is 2.48 bits per heavy atom. The number of aryl methyl sites for hydroxylation is 1. The van der Waals surface area contributed by atoms with Crippen LogP contribution in [0.1, 0.15) is 23.0 Å². The number of piperazine rings is 1. The number of carbonyl (C=O) groups excluding carboxylic acids is 1. The van der Waals surface area contributed by atoms with Crippen molar-refractivity contribution in [1.29, 1.82) is 0 Å². The highest BCUT2D eigenvalue weighted by atomic mass is 16.5. The Morgan fingerprint density at radius 1 is 1.17 bits per heavy atom. The zero-order valence-corrected chi connectivity index (χ0v) is 14.0. The molecule has 2 aliphatic heterocycles. The molecule has 0 aromatic carbocycles. The Hall–Kier alpha value is -1.73. The number of anilines is 1. The average Bonchev–Trinajstić information content (AvgIpc) is 2.62. The molecule has 0 bridgehead atoms. The predicted molar refractivity (Wildman–Crippen MR) is 87.8 cm³/mol. The summed E-state index contributed by atoms with van der Waals surface area (Å²) in [5.41, 5.74) is 1.35. The second-order valence-electron chi connectivity index (χ2n) is 5.99.